The van der Waals surface area contributed by atoms with Crippen LogP contribution >= 0.6 is 11.3 Å². The molecular weight excluding hydrogens is 502 g/mol. The van der Waals surface area contributed by atoms with E-state index in [4.69, 9.17) is 9.47 Å². The zero-order valence-corrected chi connectivity index (χ0v) is 22.0. The first-order chi connectivity index (χ1) is 18.3. The van der Waals surface area contributed by atoms with Gasteiger partial charge in [-0.05, 0) is 72.9 Å². The van der Waals surface area contributed by atoms with E-state index in [0.717, 1.165) is 33.3 Å². The smallest absolute Gasteiger partial charge is 0.274 e. The number of non-ortho nitro benzene ring substituents is 1. The van der Waals surface area contributed by atoms with Crippen LogP contribution < -0.4 is 19.6 Å². The van der Waals surface area contributed by atoms with E-state index in [2.05, 4.69) is 11.6 Å². The van der Waals surface area contributed by atoms with Crippen molar-refractivity contribution < 1.29 is 14.4 Å². The average Bonchev–Trinajstić information content (AvgIpc) is 3.38. The fourth-order valence-electron chi connectivity index (χ4n) is 4.37. The summed E-state index contributed by atoms with van der Waals surface area (Å²) in [5.74, 6) is 1.02. The summed E-state index contributed by atoms with van der Waals surface area (Å²) in [6.45, 7) is 8.04. The predicted octanol–water partition coefficient (Wildman–Crippen LogP) is 5.30. The van der Waals surface area contributed by atoms with Crippen LogP contribution in [-0.2, 0) is 13.0 Å². The number of benzene rings is 3. The maximum Gasteiger partial charge on any atom is 0.274 e. The van der Waals surface area contributed by atoms with Gasteiger partial charge in [-0.25, -0.2) is 9.38 Å². The van der Waals surface area contributed by atoms with Crippen LogP contribution in [0.3, 0.4) is 0 Å². The first-order valence-corrected chi connectivity index (χ1v) is 12.7. The van der Waals surface area contributed by atoms with Crippen LogP contribution in [0.15, 0.2) is 66.0 Å². The Morgan fingerprint density at radius 2 is 1.95 bits per heavy atom. The van der Waals surface area contributed by atoms with Crippen molar-refractivity contribution in [2.24, 2.45) is 0 Å². The maximum atomic E-state index is 13.4. The van der Waals surface area contributed by atoms with E-state index >= 15 is 0 Å². The van der Waals surface area contributed by atoms with Gasteiger partial charge in [-0.2, -0.15) is 0 Å². The Bertz CT molecular complexity index is 1840. The second-order valence-corrected chi connectivity index (χ2v) is 10.00. The number of imidazole rings is 1. The van der Waals surface area contributed by atoms with Gasteiger partial charge < -0.3 is 9.47 Å². The van der Waals surface area contributed by atoms with Crippen LogP contribution in [0.2, 0.25) is 0 Å². The van der Waals surface area contributed by atoms with Crippen LogP contribution in [0.1, 0.15) is 27.8 Å². The number of hydrogen-bond donors (Lipinski definition) is 0. The van der Waals surface area contributed by atoms with E-state index in [1.807, 2.05) is 44.2 Å². The Hall–Kier alpha value is -4.50. The SMILES string of the molecule is C=CCc1cc(/C=c2\sc3nc4cc(C)c(C)cc4n3c2=O)cc(OC)c1OCc1cccc([N+](=O)[O-])c1. The highest BCUT2D eigenvalue weighted by Crippen LogP contribution is 2.35. The van der Waals surface area contributed by atoms with Crippen LogP contribution in [0.4, 0.5) is 5.69 Å². The second-order valence-electron chi connectivity index (χ2n) is 8.99. The van der Waals surface area contributed by atoms with Crippen molar-refractivity contribution in [2.75, 3.05) is 7.11 Å². The molecule has 0 atom stereocenters. The van der Waals surface area contributed by atoms with Crippen molar-refractivity contribution in [3.05, 3.63) is 114 Å². The molecule has 0 N–H and O–H groups in total. The number of rotatable bonds is 8. The van der Waals surface area contributed by atoms with Gasteiger partial charge in [-0.3, -0.25) is 14.9 Å². The highest BCUT2D eigenvalue weighted by molar-refractivity contribution is 7.15. The minimum absolute atomic E-state index is 0.00288. The summed E-state index contributed by atoms with van der Waals surface area (Å²) < 4.78 is 13.9. The van der Waals surface area contributed by atoms with E-state index in [-0.39, 0.29) is 17.9 Å². The van der Waals surface area contributed by atoms with Gasteiger partial charge in [0.25, 0.3) is 11.2 Å². The summed E-state index contributed by atoms with van der Waals surface area (Å²) >= 11 is 1.34. The number of nitro benzene ring substituents is 1. The number of fused-ring (bicyclic) bond motifs is 3. The third-order valence-corrected chi connectivity index (χ3v) is 7.36. The molecule has 0 bridgehead atoms. The standard InChI is InChI=1S/C29H25N3O5S/c1-5-7-21-12-20(14-25(36-4)27(21)37-16-19-8-6-9-22(13-19)32(34)35)15-26-28(33)31-24-11-18(3)17(2)10-23(24)30-29(31)38-26/h5-6,8-15H,1,7,16H2,2-4H3/b26-15-. The first-order valence-electron chi connectivity index (χ1n) is 11.9. The zero-order chi connectivity index (χ0) is 27.0. The summed E-state index contributed by atoms with van der Waals surface area (Å²) in [6.07, 6.45) is 4.09. The van der Waals surface area contributed by atoms with Gasteiger partial charge >= 0.3 is 0 Å². The summed E-state index contributed by atoms with van der Waals surface area (Å²) in [5, 5.41) is 11.1. The molecule has 0 unspecified atom stereocenters. The summed E-state index contributed by atoms with van der Waals surface area (Å²) in [4.78, 5) is 29.3. The summed E-state index contributed by atoms with van der Waals surface area (Å²) in [6, 6.07) is 14.1. The third-order valence-electron chi connectivity index (χ3n) is 6.39. The van der Waals surface area contributed by atoms with Crippen molar-refractivity contribution >= 4 is 39.1 Å². The Morgan fingerprint density at radius 1 is 1.16 bits per heavy atom. The molecule has 0 aliphatic carbocycles. The number of thiazole rings is 1. The minimum atomic E-state index is -0.436. The molecule has 0 spiro atoms. The Labute approximate surface area is 222 Å². The van der Waals surface area contributed by atoms with Crippen molar-refractivity contribution in [2.45, 2.75) is 26.9 Å². The Morgan fingerprint density at radius 3 is 2.68 bits per heavy atom. The van der Waals surface area contributed by atoms with Crippen LogP contribution in [0.25, 0.3) is 22.1 Å². The van der Waals surface area contributed by atoms with Crippen molar-refractivity contribution in [3.8, 4) is 11.5 Å². The van der Waals surface area contributed by atoms with Crippen LogP contribution in [0.5, 0.6) is 11.5 Å². The molecule has 8 nitrogen and oxygen atoms in total. The highest BCUT2D eigenvalue weighted by atomic mass is 32.1. The average molecular weight is 528 g/mol. The normalized spacial score (nSPS) is 11.8. The summed E-state index contributed by atoms with van der Waals surface area (Å²) in [5.41, 5.74) is 6.00. The molecule has 0 aliphatic heterocycles. The van der Waals surface area contributed by atoms with Crippen LogP contribution in [0, 0.1) is 24.0 Å². The number of methoxy groups -OCH3 is 1. The Kier molecular flexibility index (Phi) is 6.69. The van der Waals surface area contributed by atoms with Gasteiger partial charge in [0.15, 0.2) is 16.5 Å². The molecule has 192 valence electrons. The molecular formula is C29H25N3O5S. The van der Waals surface area contributed by atoms with Crippen LogP contribution in [-0.4, -0.2) is 21.4 Å². The molecule has 0 aliphatic rings. The van der Waals surface area contributed by atoms with Crippen molar-refractivity contribution in [1.82, 2.24) is 9.38 Å². The van der Waals surface area contributed by atoms with Gasteiger partial charge in [-0.15, -0.1) is 6.58 Å². The number of nitro groups is 1. The van der Waals surface area contributed by atoms with Gasteiger partial charge in [0.1, 0.15) is 6.61 Å². The minimum Gasteiger partial charge on any atom is -0.493 e. The number of ether oxygens (including phenoxy) is 2. The molecule has 5 rings (SSSR count). The Balaban J connectivity index is 1.55. The molecule has 0 fully saturated rings. The van der Waals surface area contributed by atoms with Gasteiger partial charge in [0.2, 0.25) is 0 Å². The lowest BCUT2D eigenvalue weighted by Gasteiger charge is -2.16. The fourth-order valence-corrected chi connectivity index (χ4v) is 5.36. The number of aryl methyl sites for hydroxylation is 2. The third kappa shape index (κ3) is 4.64. The molecule has 0 saturated heterocycles. The van der Waals surface area contributed by atoms with E-state index < -0.39 is 4.92 Å². The van der Waals surface area contributed by atoms with E-state index in [1.165, 1.54) is 23.5 Å². The number of hydrogen-bond acceptors (Lipinski definition) is 7. The highest BCUT2D eigenvalue weighted by Gasteiger charge is 2.16. The molecule has 2 aromatic heterocycles. The molecule has 38 heavy (non-hydrogen) atoms. The molecule has 5 aromatic rings. The molecule has 9 heteroatoms. The topological polar surface area (TPSA) is 96.0 Å². The molecule has 0 amide bonds. The van der Waals surface area contributed by atoms with E-state index in [0.29, 0.717) is 33.0 Å². The fraction of sp³-hybridized carbons (Fsp3) is 0.172. The number of aromatic nitrogens is 2. The van der Waals surface area contributed by atoms with Gasteiger partial charge in [0.05, 0.1) is 27.6 Å². The number of allylic oxidation sites excluding steroid dienone is 1. The second kappa shape index (κ2) is 10.1. The van der Waals surface area contributed by atoms with Gasteiger partial charge in [0, 0.05) is 17.7 Å². The first kappa shape index (κ1) is 25.2. The quantitative estimate of drug-likeness (QED) is 0.154. The predicted molar refractivity (Wildman–Crippen MR) is 149 cm³/mol. The lowest BCUT2D eigenvalue weighted by atomic mass is 10.1. The van der Waals surface area contributed by atoms with E-state index in [1.54, 1.807) is 29.7 Å². The molecule has 2 heterocycles. The van der Waals surface area contributed by atoms with Crippen molar-refractivity contribution in [1.29, 1.82) is 0 Å². The van der Waals surface area contributed by atoms with Crippen molar-refractivity contribution in [3.63, 3.8) is 0 Å². The largest absolute Gasteiger partial charge is 0.493 e. The maximum absolute atomic E-state index is 13.4. The zero-order valence-electron chi connectivity index (χ0n) is 21.2. The molecule has 0 radical (unpaired) electrons. The molecule has 3 aromatic carbocycles. The van der Waals surface area contributed by atoms with E-state index in [9.17, 15) is 14.9 Å². The molecule has 0 saturated carbocycles. The lowest BCUT2D eigenvalue weighted by molar-refractivity contribution is -0.384. The summed E-state index contributed by atoms with van der Waals surface area (Å²) in [7, 11) is 1.55. The monoisotopic (exact) mass is 527 g/mol. The number of nitrogens with zero attached hydrogens (tertiary/aromatic N) is 3. The van der Waals surface area contributed by atoms with Gasteiger partial charge in [-0.1, -0.05) is 29.5 Å². The lowest BCUT2D eigenvalue weighted by Crippen LogP contribution is -2.22.